The fourth-order valence-corrected chi connectivity index (χ4v) is 4.05. The summed E-state index contributed by atoms with van der Waals surface area (Å²) in [6.45, 7) is 2.32. The molecular weight excluding hydrogens is 376 g/mol. The molecule has 1 aromatic heterocycles. The number of carbonyl (C=O) groups excluding carboxylic acids is 1. The lowest BCUT2D eigenvalue weighted by atomic mass is 10.1. The molecule has 146 valence electrons. The van der Waals surface area contributed by atoms with Crippen molar-refractivity contribution >= 4 is 33.3 Å². The highest BCUT2D eigenvalue weighted by molar-refractivity contribution is 7.84. The van der Waals surface area contributed by atoms with Crippen LogP contribution in [0.5, 0.6) is 5.75 Å². The standard InChI is InChI=1S/C21H22N2O4S/c1-4-13-23(14-9-6-5-7-10-14)21(26)18-19(24)17-15(22(2)20(18)25)11-8-12-16(17)28(3)27/h5-12,24H,4,13H2,1-3H3. The summed E-state index contributed by atoms with van der Waals surface area (Å²) >= 11 is 0. The molecule has 7 heteroatoms. The van der Waals surface area contributed by atoms with E-state index in [-0.39, 0.29) is 10.9 Å². The van der Waals surface area contributed by atoms with E-state index in [2.05, 4.69) is 0 Å². The number of nitrogens with zero attached hydrogens (tertiary/aromatic N) is 2. The van der Waals surface area contributed by atoms with Gasteiger partial charge in [-0.15, -0.1) is 0 Å². The maximum atomic E-state index is 13.3. The highest BCUT2D eigenvalue weighted by Gasteiger charge is 2.27. The zero-order valence-corrected chi connectivity index (χ0v) is 16.8. The summed E-state index contributed by atoms with van der Waals surface area (Å²) in [4.78, 5) is 28.1. The molecule has 1 amide bonds. The van der Waals surface area contributed by atoms with Gasteiger partial charge in [0.05, 0.1) is 26.6 Å². The van der Waals surface area contributed by atoms with Crippen molar-refractivity contribution in [2.24, 2.45) is 7.05 Å². The van der Waals surface area contributed by atoms with Crippen molar-refractivity contribution in [3.63, 3.8) is 0 Å². The molecule has 0 aliphatic heterocycles. The Morgan fingerprint density at radius 3 is 2.43 bits per heavy atom. The monoisotopic (exact) mass is 398 g/mol. The molecule has 1 atom stereocenters. The van der Waals surface area contributed by atoms with E-state index in [1.54, 1.807) is 30.3 Å². The summed E-state index contributed by atoms with van der Waals surface area (Å²) in [6, 6.07) is 14.0. The predicted octanol–water partition coefficient (Wildman–Crippen LogP) is 3.04. The van der Waals surface area contributed by atoms with Crippen molar-refractivity contribution < 1.29 is 14.1 Å². The molecule has 0 aliphatic carbocycles. The third-order valence-electron chi connectivity index (χ3n) is 4.64. The largest absolute Gasteiger partial charge is 0.506 e. The van der Waals surface area contributed by atoms with Gasteiger partial charge in [-0.05, 0) is 30.7 Å². The third kappa shape index (κ3) is 3.33. The van der Waals surface area contributed by atoms with Crippen LogP contribution in [0, 0.1) is 0 Å². The van der Waals surface area contributed by atoms with Gasteiger partial charge < -0.3 is 14.6 Å². The average molecular weight is 398 g/mol. The van der Waals surface area contributed by atoms with E-state index in [4.69, 9.17) is 0 Å². The first kappa shape index (κ1) is 19.8. The number of para-hydroxylation sites is 1. The lowest BCUT2D eigenvalue weighted by Gasteiger charge is -2.23. The molecule has 1 unspecified atom stereocenters. The second-order valence-electron chi connectivity index (χ2n) is 6.48. The van der Waals surface area contributed by atoms with Crippen molar-refractivity contribution in [1.29, 1.82) is 0 Å². The second-order valence-corrected chi connectivity index (χ2v) is 7.83. The van der Waals surface area contributed by atoms with Gasteiger partial charge in [0.2, 0.25) is 0 Å². The van der Waals surface area contributed by atoms with Crippen LogP contribution >= 0.6 is 0 Å². The fraction of sp³-hybridized carbons (Fsp3) is 0.238. The van der Waals surface area contributed by atoms with E-state index < -0.39 is 28.0 Å². The van der Waals surface area contributed by atoms with E-state index in [1.807, 2.05) is 25.1 Å². The molecule has 1 N–H and O–H groups in total. The SMILES string of the molecule is CCCN(C(=O)c1c(O)c2c(S(C)=O)cccc2n(C)c1=O)c1ccccc1. The minimum atomic E-state index is -1.40. The van der Waals surface area contributed by atoms with Crippen LogP contribution < -0.4 is 10.5 Å². The zero-order chi connectivity index (χ0) is 20.4. The van der Waals surface area contributed by atoms with E-state index in [0.29, 0.717) is 29.1 Å². The topological polar surface area (TPSA) is 79.6 Å². The highest BCUT2D eigenvalue weighted by Crippen LogP contribution is 2.32. The number of fused-ring (bicyclic) bond motifs is 1. The Morgan fingerprint density at radius 2 is 1.82 bits per heavy atom. The summed E-state index contributed by atoms with van der Waals surface area (Å²) in [6.07, 6.45) is 2.17. The molecule has 28 heavy (non-hydrogen) atoms. The van der Waals surface area contributed by atoms with Gasteiger partial charge in [0, 0.05) is 25.5 Å². The minimum absolute atomic E-state index is 0.262. The van der Waals surface area contributed by atoms with Crippen LogP contribution in [-0.2, 0) is 17.8 Å². The number of carbonyl (C=O) groups is 1. The van der Waals surface area contributed by atoms with Crippen molar-refractivity contribution in [2.75, 3.05) is 17.7 Å². The molecule has 0 saturated heterocycles. The maximum absolute atomic E-state index is 13.3. The number of aromatic nitrogens is 1. The van der Waals surface area contributed by atoms with Crippen molar-refractivity contribution in [2.45, 2.75) is 18.2 Å². The Bertz CT molecular complexity index is 1120. The fourth-order valence-electron chi connectivity index (χ4n) is 3.29. The number of aromatic hydroxyl groups is 1. The molecule has 3 aromatic rings. The number of benzene rings is 2. The minimum Gasteiger partial charge on any atom is -0.506 e. The molecule has 0 bridgehead atoms. The highest BCUT2D eigenvalue weighted by atomic mass is 32.2. The number of amides is 1. The molecule has 1 heterocycles. The Balaban J connectivity index is 2.30. The average Bonchev–Trinajstić information content (AvgIpc) is 2.70. The molecule has 0 fully saturated rings. The van der Waals surface area contributed by atoms with E-state index in [1.165, 1.54) is 22.8 Å². The summed E-state index contributed by atoms with van der Waals surface area (Å²) in [5, 5.41) is 11.2. The van der Waals surface area contributed by atoms with Gasteiger partial charge >= 0.3 is 0 Å². The number of anilines is 1. The first-order valence-electron chi connectivity index (χ1n) is 8.93. The van der Waals surface area contributed by atoms with Crippen LogP contribution in [0.4, 0.5) is 5.69 Å². The summed E-state index contributed by atoms with van der Waals surface area (Å²) in [7, 11) is 0.137. The first-order valence-corrected chi connectivity index (χ1v) is 10.5. The second kappa shape index (κ2) is 7.98. The third-order valence-corrected chi connectivity index (χ3v) is 5.60. The van der Waals surface area contributed by atoms with Crippen molar-refractivity contribution in [1.82, 2.24) is 4.57 Å². The molecule has 0 radical (unpaired) electrons. The molecule has 2 aromatic carbocycles. The van der Waals surface area contributed by atoms with Crippen molar-refractivity contribution in [3.8, 4) is 5.75 Å². The van der Waals surface area contributed by atoms with Gasteiger partial charge in [0.1, 0.15) is 11.3 Å². The smallest absolute Gasteiger partial charge is 0.267 e. The number of hydrogen-bond acceptors (Lipinski definition) is 4. The quantitative estimate of drug-likeness (QED) is 0.716. The molecule has 6 nitrogen and oxygen atoms in total. The van der Waals surface area contributed by atoms with Gasteiger partial charge in [-0.2, -0.15) is 0 Å². The van der Waals surface area contributed by atoms with Crippen LogP contribution in [0.3, 0.4) is 0 Å². The lowest BCUT2D eigenvalue weighted by molar-refractivity contribution is 0.0982. The van der Waals surface area contributed by atoms with E-state index in [9.17, 15) is 18.9 Å². The number of aryl methyl sites for hydroxylation is 1. The van der Waals surface area contributed by atoms with Crippen LogP contribution in [0.2, 0.25) is 0 Å². The van der Waals surface area contributed by atoms with Crippen LogP contribution in [0.25, 0.3) is 10.9 Å². The van der Waals surface area contributed by atoms with E-state index in [0.717, 1.165) is 0 Å². The maximum Gasteiger partial charge on any atom is 0.267 e. The summed E-state index contributed by atoms with van der Waals surface area (Å²) in [5.74, 6) is -1.00. The predicted molar refractivity (Wildman–Crippen MR) is 112 cm³/mol. The Morgan fingerprint density at radius 1 is 1.14 bits per heavy atom. The summed E-state index contributed by atoms with van der Waals surface area (Å²) < 4.78 is 13.5. The molecule has 3 rings (SSSR count). The molecule has 0 aliphatic rings. The van der Waals surface area contributed by atoms with Gasteiger partial charge in [-0.1, -0.05) is 31.2 Å². The van der Waals surface area contributed by atoms with Gasteiger partial charge in [-0.25, -0.2) is 0 Å². The first-order chi connectivity index (χ1) is 13.4. The van der Waals surface area contributed by atoms with Crippen LogP contribution in [0.15, 0.2) is 58.2 Å². The molecule has 0 spiro atoms. The van der Waals surface area contributed by atoms with Gasteiger partial charge in [0.15, 0.2) is 0 Å². The normalized spacial score (nSPS) is 12.1. The zero-order valence-electron chi connectivity index (χ0n) is 16.0. The Labute approximate surface area is 165 Å². The number of hydrogen-bond donors (Lipinski definition) is 1. The van der Waals surface area contributed by atoms with Crippen LogP contribution in [0.1, 0.15) is 23.7 Å². The number of pyridine rings is 1. The molecular formula is C21H22N2O4S. The van der Waals surface area contributed by atoms with E-state index >= 15 is 0 Å². The Kier molecular flexibility index (Phi) is 5.65. The van der Waals surface area contributed by atoms with Gasteiger partial charge in [-0.3, -0.25) is 13.8 Å². The lowest BCUT2D eigenvalue weighted by Crippen LogP contribution is -2.37. The van der Waals surface area contributed by atoms with Crippen molar-refractivity contribution in [3.05, 3.63) is 64.4 Å². The molecule has 0 saturated carbocycles. The summed E-state index contributed by atoms with van der Waals surface area (Å²) in [5.41, 5.74) is 0.160. The van der Waals surface area contributed by atoms with Crippen LogP contribution in [-0.4, -0.2) is 32.6 Å². The Hall–Kier alpha value is -2.93. The van der Waals surface area contributed by atoms with Gasteiger partial charge in [0.25, 0.3) is 11.5 Å². The number of rotatable bonds is 5.